The first-order valence-electron chi connectivity index (χ1n) is 7.28. The van der Waals surface area contributed by atoms with Gasteiger partial charge >= 0.3 is 5.97 Å². The van der Waals surface area contributed by atoms with Crippen molar-refractivity contribution < 1.29 is 14.7 Å². The van der Waals surface area contributed by atoms with Crippen molar-refractivity contribution >= 4 is 11.9 Å². The molecule has 0 aromatic carbocycles. The first-order chi connectivity index (χ1) is 9.06. The van der Waals surface area contributed by atoms with E-state index in [1.54, 1.807) is 0 Å². The zero-order valence-electron chi connectivity index (χ0n) is 11.3. The van der Waals surface area contributed by atoms with E-state index in [0.29, 0.717) is 24.4 Å². The number of hydrogen-bond acceptors (Lipinski definition) is 3. The molecular weight excluding hydrogens is 244 g/mol. The molecule has 3 aliphatic rings. The minimum atomic E-state index is -0.836. The van der Waals surface area contributed by atoms with Gasteiger partial charge in [-0.25, -0.2) is 0 Å². The third-order valence-corrected chi connectivity index (χ3v) is 5.21. The van der Waals surface area contributed by atoms with Crippen LogP contribution >= 0.6 is 0 Å². The number of rotatable bonds is 4. The molecule has 1 saturated carbocycles. The molecule has 4 atom stereocenters. The molecule has 2 heterocycles. The number of amides is 1. The van der Waals surface area contributed by atoms with Crippen LogP contribution in [0.5, 0.6) is 0 Å². The van der Waals surface area contributed by atoms with Crippen LogP contribution in [-0.4, -0.2) is 47.6 Å². The Balaban J connectivity index is 1.44. The van der Waals surface area contributed by atoms with Crippen LogP contribution in [0.25, 0.3) is 0 Å². The molecule has 2 N–H and O–H groups in total. The molecule has 2 unspecified atom stereocenters. The molecule has 106 valence electrons. The van der Waals surface area contributed by atoms with E-state index < -0.39 is 11.9 Å². The van der Waals surface area contributed by atoms with Gasteiger partial charge in [0.1, 0.15) is 0 Å². The topological polar surface area (TPSA) is 69.6 Å². The van der Waals surface area contributed by atoms with E-state index in [2.05, 4.69) is 17.3 Å². The summed E-state index contributed by atoms with van der Waals surface area (Å²) in [5, 5.41) is 11.8. The smallest absolute Gasteiger partial charge is 0.307 e. The number of carbonyl (C=O) groups is 2. The number of nitrogens with zero attached hydrogens (tertiary/aromatic N) is 1. The molecule has 5 nitrogen and oxygen atoms in total. The van der Waals surface area contributed by atoms with Crippen molar-refractivity contribution in [3.05, 3.63) is 0 Å². The summed E-state index contributed by atoms with van der Waals surface area (Å²) in [6.07, 6.45) is 5.42. The Kier molecular flexibility index (Phi) is 3.25. The Labute approximate surface area is 113 Å². The van der Waals surface area contributed by atoms with Gasteiger partial charge in [-0.05, 0) is 45.1 Å². The number of hydrogen-bond donors (Lipinski definition) is 2. The highest BCUT2D eigenvalue weighted by molar-refractivity contribution is 5.89. The monoisotopic (exact) mass is 266 g/mol. The van der Waals surface area contributed by atoms with Crippen LogP contribution in [0.3, 0.4) is 0 Å². The van der Waals surface area contributed by atoms with Gasteiger partial charge in [0.15, 0.2) is 0 Å². The van der Waals surface area contributed by atoms with Crippen LogP contribution in [0, 0.1) is 17.8 Å². The van der Waals surface area contributed by atoms with E-state index in [4.69, 9.17) is 5.11 Å². The Morgan fingerprint density at radius 2 is 1.79 bits per heavy atom. The molecule has 3 rings (SSSR count). The Morgan fingerprint density at radius 1 is 1.16 bits per heavy atom. The molecule has 2 aliphatic heterocycles. The summed E-state index contributed by atoms with van der Waals surface area (Å²) in [5.41, 5.74) is 0. The maximum atomic E-state index is 11.8. The molecular formula is C14H22N2O3. The van der Waals surface area contributed by atoms with Crippen LogP contribution in [-0.2, 0) is 9.59 Å². The maximum absolute atomic E-state index is 11.8. The molecule has 0 aromatic rings. The lowest BCUT2D eigenvalue weighted by molar-refractivity contribution is -0.140. The molecule has 2 saturated heterocycles. The molecule has 2 bridgehead atoms. The first-order valence-corrected chi connectivity index (χ1v) is 7.28. The third-order valence-electron chi connectivity index (χ3n) is 5.21. The number of fused-ring (bicyclic) bond motifs is 2. The van der Waals surface area contributed by atoms with Crippen LogP contribution in [0.2, 0.25) is 0 Å². The minimum absolute atomic E-state index is 0.0568. The van der Waals surface area contributed by atoms with Crippen molar-refractivity contribution in [2.24, 2.45) is 17.8 Å². The van der Waals surface area contributed by atoms with Crippen molar-refractivity contribution in [1.29, 1.82) is 0 Å². The lowest BCUT2D eigenvalue weighted by Crippen LogP contribution is -2.43. The highest BCUT2D eigenvalue weighted by Crippen LogP contribution is 2.39. The molecule has 19 heavy (non-hydrogen) atoms. The highest BCUT2D eigenvalue weighted by atomic mass is 16.4. The lowest BCUT2D eigenvalue weighted by atomic mass is 9.91. The summed E-state index contributed by atoms with van der Waals surface area (Å²) in [5.74, 6) is -1.04. The second-order valence-corrected chi connectivity index (χ2v) is 6.42. The molecule has 1 amide bonds. The average molecular weight is 266 g/mol. The fourth-order valence-corrected chi connectivity index (χ4v) is 3.82. The molecule has 0 spiro atoms. The van der Waals surface area contributed by atoms with E-state index in [1.807, 2.05) is 0 Å². The number of aliphatic carboxylic acids is 1. The fraction of sp³-hybridized carbons (Fsp3) is 0.857. The molecule has 5 heteroatoms. The summed E-state index contributed by atoms with van der Waals surface area (Å²) >= 11 is 0. The summed E-state index contributed by atoms with van der Waals surface area (Å²) < 4.78 is 0. The number of carboxylic acids is 1. The number of carboxylic acid groups (broad SMARTS) is 1. The normalized spacial score (nSPS) is 41.0. The summed E-state index contributed by atoms with van der Waals surface area (Å²) in [6.45, 7) is 0.725. The zero-order valence-corrected chi connectivity index (χ0v) is 11.3. The van der Waals surface area contributed by atoms with Crippen molar-refractivity contribution in [2.75, 3.05) is 13.6 Å². The minimum Gasteiger partial charge on any atom is -0.481 e. The van der Waals surface area contributed by atoms with Crippen molar-refractivity contribution in [3.63, 3.8) is 0 Å². The van der Waals surface area contributed by atoms with Gasteiger partial charge in [-0.1, -0.05) is 0 Å². The SMILES string of the molecule is CN1C2CCC1CC(CNC(=O)[C@@H]1C[C@@H]1C(=O)O)C2. The van der Waals surface area contributed by atoms with Gasteiger partial charge in [0, 0.05) is 18.6 Å². The molecule has 1 aliphatic carbocycles. The second kappa shape index (κ2) is 4.78. The van der Waals surface area contributed by atoms with E-state index in [9.17, 15) is 9.59 Å². The summed E-state index contributed by atoms with van der Waals surface area (Å²) in [4.78, 5) is 25.0. The average Bonchev–Trinajstić information content (AvgIpc) is 3.14. The summed E-state index contributed by atoms with van der Waals surface area (Å²) in [6, 6.07) is 1.38. The zero-order chi connectivity index (χ0) is 13.6. The second-order valence-electron chi connectivity index (χ2n) is 6.42. The first kappa shape index (κ1) is 12.9. The summed E-state index contributed by atoms with van der Waals surface area (Å²) in [7, 11) is 2.21. The number of nitrogens with one attached hydrogen (secondary N) is 1. The van der Waals surface area contributed by atoms with Gasteiger partial charge in [-0.3, -0.25) is 9.59 Å². The fourth-order valence-electron chi connectivity index (χ4n) is 3.82. The maximum Gasteiger partial charge on any atom is 0.307 e. The number of piperidine rings is 1. The van der Waals surface area contributed by atoms with E-state index in [-0.39, 0.29) is 11.8 Å². The van der Waals surface area contributed by atoms with Crippen LogP contribution in [0.4, 0.5) is 0 Å². The van der Waals surface area contributed by atoms with Crippen LogP contribution in [0.1, 0.15) is 32.1 Å². The Morgan fingerprint density at radius 3 is 2.32 bits per heavy atom. The predicted octanol–water partition coefficient (Wildman–Crippen LogP) is 0.696. The van der Waals surface area contributed by atoms with E-state index in [0.717, 1.165) is 6.54 Å². The molecule has 3 fully saturated rings. The van der Waals surface area contributed by atoms with Gasteiger partial charge in [-0.2, -0.15) is 0 Å². The van der Waals surface area contributed by atoms with Gasteiger partial charge in [-0.15, -0.1) is 0 Å². The quantitative estimate of drug-likeness (QED) is 0.785. The van der Waals surface area contributed by atoms with Crippen molar-refractivity contribution in [3.8, 4) is 0 Å². The lowest BCUT2D eigenvalue weighted by Gasteiger charge is -2.36. The van der Waals surface area contributed by atoms with Gasteiger partial charge < -0.3 is 15.3 Å². The van der Waals surface area contributed by atoms with Gasteiger partial charge in [0.2, 0.25) is 5.91 Å². The van der Waals surface area contributed by atoms with Crippen LogP contribution in [0.15, 0.2) is 0 Å². The van der Waals surface area contributed by atoms with Gasteiger partial charge in [0.05, 0.1) is 11.8 Å². The largest absolute Gasteiger partial charge is 0.481 e. The molecule has 0 aromatic heterocycles. The van der Waals surface area contributed by atoms with Gasteiger partial charge in [0.25, 0.3) is 0 Å². The van der Waals surface area contributed by atoms with E-state index >= 15 is 0 Å². The highest BCUT2D eigenvalue weighted by Gasteiger charge is 2.48. The predicted molar refractivity (Wildman–Crippen MR) is 69.5 cm³/mol. The van der Waals surface area contributed by atoms with E-state index in [1.165, 1.54) is 25.7 Å². The molecule has 0 radical (unpaired) electrons. The van der Waals surface area contributed by atoms with Crippen molar-refractivity contribution in [1.82, 2.24) is 10.2 Å². The third kappa shape index (κ3) is 2.48. The number of carbonyl (C=O) groups excluding carboxylic acids is 1. The van der Waals surface area contributed by atoms with Crippen molar-refractivity contribution in [2.45, 2.75) is 44.2 Å². The Hall–Kier alpha value is -1.10. The van der Waals surface area contributed by atoms with Crippen LogP contribution < -0.4 is 5.32 Å². The standard InChI is InChI=1S/C14H22N2O3/c1-16-9-2-3-10(16)5-8(4-9)7-15-13(17)11-6-12(11)14(18)19/h8-12H,2-7H2,1H3,(H,15,17)(H,18,19)/t8?,9?,10?,11-,12+/m1/s1. The Bertz CT molecular complexity index is 384.